The molecule has 2 aromatic rings. The summed E-state index contributed by atoms with van der Waals surface area (Å²) in [6.45, 7) is 4.55. The standard InChI is InChI=1S/C22H30N4O5S2/c1-13-11-17(26-31-13)24-20(28)14(2)32-12-18(27)25-22-19(21(29)23-9-6-10-30-3)15-7-4-5-8-16(15)33-22/h11,14H,4-10,12H2,1-3H3,(H,23,29)(H,25,27)(H,24,26,28). The van der Waals surface area contributed by atoms with Crippen LogP contribution in [0.4, 0.5) is 10.8 Å². The van der Waals surface area contributed by atoms with E-state index < -0.39 is 5.25 Å². The summed E-state index contributed by atoms with van der Waals surface area (Å²) in [6.07, 6.45) is 4.61. The van der Waals surface area contributed by atoms with E-state index in [1.165, 1.54) is 28.0 Å². The highest BCUT2D eigenvalue weighted by molar-refractivity contribution is 8.01. The number of hydrogen-bond acceptors (Lipinski definition) is 8. The summed E-state index contributed by atoms with van der Waals surface area (Å²) >= 11 is 2.70. The van der Waals surface area contributed by atoms with Crippen molar-refractivity contribution in [3.05, 3.63) is 27.8 Å². The van der Waals surface area contributed by atoms with Gasteiger partial charge in [-0.2, -0.15) is 0 Å². The van der Waals surface area contributed by atoms with Crippen LogP contribution in [0.15, 0.2) is 10.6 Å². The van der Waals surface area contributed by atoms with Crippen molar-refractivity contribution in [2.45, 2.75) is 51.2 Å². The number of rotatable bonds is 11. The van der Waals surface area contributed by atoms with Crippen molar-refractivity contribution in [3.8, 4) is 0 Å². The molecule has 2 heterocycles. The number of carbonyl (C=O) groups is 3. The maximum atomic E-state index is 12.9. The molecular weight excluding hydrogens is 464 g/mol. The van der Waals surface area contributed by atoms with Gasteiger partial charge in [0.15, 0.2) is 5.82 Å². The van der Waals surface area contributed by atoms with Gasteiger partial charge < -0.3 is 25.2 Å². The first-order chi connectivity index (χ1) is 15.9. The maximum absolute atomic E-state index is 12.9. The third-order valence-electron chi connectivity index (χ3n) is 5.18. The number of hydrogen-bond donors (Lipinski definition) is 3. The lowest BCUT2D eigenvalue weighted by Gasteiger charge is -2.13. The fourth-order valence-corrected chi connectivity index (χ4v) is 5.48. The van der Waals surface area contributed by atoms with Crippen LogP contribution >= 0.6 is 23.1 Å². The summed E-state index contributed by atoms with van der Waals surface area (Å²) < 4.78 is 9.97. The summed E-state index contributed by atoms with van der Waals surface area (Å²) in [5.74, 6) is 0.364. The zero-order valence-corrected chi connectivity index (χ0v) is 20.7. The Morgan fingerprint density at radius 3 is 2.79 bits per heavy atom. The van der Waals surface area contributed by atoms with Gasteiger partial charge in [0.25, 0.3) is 5.91 Å². The molecule has 180 valence electrons. The summed E-state index contributed by atoms with van der Waals surface area (Å²) in [5, 5.41) is 12.4. The lowest BCUT2D eigenvalue weighted by atomic mass is 9.95. The average molecular weight is 495 g/mol. The molecule has 11 heteroatoms. The molecule has 0 saturated carbocycles. The molecule has 0 radical (unpaired) electrons. The Bertz CT molecular complexity index is 988. The van der Waals surface area contributed by atoms with Gasteiger partial charge in [0.2, 0.25) is 11.8 Å². The normalized spacial score (nSPS) is 13.8. The molecule has 1 atom stereocenters. The number of nitrogens with zero attached hydrogens (tertiary/aromatic N) is 1. The third-order valence-corrected chi connectivity index (χ3v) is 7.53. The van der Waals surface area contributed by atoms with E-state index in [4.69, 9.17) is 9.26 Å². The summed E-state index contributed by atoms with van der Waals surface area (Å²) in [5.41, 5.74) is 1.63. The number of aromatic nitrogens is 1. The van der Waals surface area contributed by atoms with Gasteiger partial charge in [-0.1, -0.05) is 5.16 Å². The smallest absolute Gasteiger partial charge is 0.254 e. The van der Waals surface area contributed by atoms with Gasteiger partial charge in [0.1, 0.15) is 10.8 Å². The van der Waals surface area contributed by atoms with Crippen molar-refractivity contribution in [1.82, 2.24) is 10.5 Å². The maximum Gasteiger partial charge on any atom is 0.254 e. The van der Waals surface area contributed by atoms with Gasteiger partial charge in [-0.3, -0.25) is 14.4 Å². The Labute approximate surface area is 201 Å². The molecule has 0 bridgehead atoms. The van der Waals surface area contributed by atoms with Crippen molar-refractivity contribution in [1.29, 1.82) is 0 Å². The number of nitrogens with one attached hydrogen (secondary N) is 3. The van der Waals surface area contributed by atoms with Crippen LogP contribution in [0.25, 0.3) is 0 Å². The third kappa shape index (κ3) is 7.05. The minimum atomic E-state index is -0.465. The predicted molar refractivity (Wildman–Crippen MR) is 130 cm³/mol. The Morgan fingerprint density at radius 1 is 1.27 bits per heavy atom. The fourth-order valence-electron chi connectivity index (χ4n) is 3.49. The summed E-state index contributed by atoms with van der Waals surface area (Å²) in [4.78, 5) is 39.0. The molecule has 2 aromatic heterocycles. The van der Waals surface area contributed by atoms with Crippen LogP contribution in [0.3, 0.4) is 0 Å². The van der Waals surface area contributed by atoms with Crippen molar-refractivity contribution < 1.29 is 23.6 Å². The average Bonchev–Trinajstić information content (AvgIpc) is 3.37. The van der Waals surface area contributed by atoms with Crippen molar-refractivity contribution >= 4 is 51.6 Å². The summed E-state index contributed by atoms with van der Waals surface area (Å²) in [6, 6.07) is 1.63. The van der Waals surface area contributed by atoms with Gasteiger partial charge in [0.05, 0.1) is 16.6 Å². The summed E-state index contributed by atoms with van der Waals surface area (Å²) in [7, 11) is 1.63. The molecule has 0 fully saturated rings. The number of carbonyl (C=O) groups excluding carboxylic acids is 3. The lowest BCUT2D eigenvalue weighted by molar-refractivity contribution is -0.115. The Morgan fingerprint density at radius 2 is 2.06 bits per heavy atom. The molecule has 3 N–H and O–H groups in total. The van der Waals surface area contributed by atoms with Crippen LogP contribution in [-0.2, 0) is 27.2 Å². The quantitative estimate of drug-likeness (QED) is 0.409. The second-order valence-corrected chi connectivity index (χ2v) is 10.3. The van der Waals surface area contributed by atoms with E-state index in [1.807, 2.05) is 0 Å². The molecule has 3 amide bonds. The zero-order chi connectivity index (χ0) is 23.8. The van der Waals surface area contributed by atoms with Crippen LogP contribution < -0.4 is 16.0 Å². The van der Waals surface area contributed by atoms with Crippen LogP contribution in [0.2, 0.25) is 0 Å². The van der Waals surface area contributed by atoms with E-state index >= 15 is 0 Å². The van der Waals surface area contributed by atoms with Gasteiger partial charge in [0, 0.05) is 31.2 Å². The highest BCUT2D eigenvalue weighted by Crippen LogP contribution is 2.38. The molecule has 0 spiro atoms. The number of methoxy groups -OCH3 is 1. The molecule has 1 aliphatic rings. The van der Waals surface area contributed by atoms with E-state index in [0.29, 0.717) is 35.3 Å². The largest absolute Gasteiger partial charge is 0.385 e. The SMILES string of the molecule is COCCCNC(=O)c1c(NC(=O)CSC(C)C(=O)Nc2cc(C)on2)sc2c1CCCC2. The van der Waals surface area contributed by atoms with E-state index in [9.17, 15) is 14.4 Å². The number of thioether (sulfide) groups is 1. The van der Waals surface area contributed by atoms with E-state index in [0.717, 1.165) is 37.7 Å². The van der Waals surface area contributed by atoms with Gasteiger partial charge >= 0.3 is 0 Å². The number of amides is 3. The first-order valence-corrected chi connectivity index (χ1v) is 12.8. The van der Waals surface area contributed by atoms with E-state index in [2.05, 4.69) is 21.1 Å². The topological polar surface area (TPSA) is 123 Å². The minimum Gasteiger partial charge on any atom is -0.385 e. The first kappa shape index (κ1) is 25.3. The van der Waals surface area contributed by atoms with Gasteiger partial charge in [-0.25, -0.2) is 0 Å². The highest BCUT2D eigenvalue weighted by atomic mass is 32.2. The number of anilines is 2. The number of aryl methyl sites for hydroxylation is 2. The van der Waals surface area contributed by atoms with Crippen LogP contribution in [0.1, 0.15) is 52.7 Å². The van der Waals surface area contributed by atoms with Gasteiger partial charge in [-0.15, -0.1) is 23.1 Å². The van der Waals surface area contributed by atoms with Crippen molar-refractivity contribution in [2.75, 3.05) is 36.6 Å². The lowest BCUT2D eigenvalue weighted by Crippen LogP contribution is -2.28. The Kier molecular flexibility index (Phi) is 9.33. The zero-order valence-electron chi connectivity index (χ0n) is 19.1. The second-order valence-electron chi connectivity index (χ2n) is 7.83. The van der Waals surface area contributed by atoms with E-state index in [-0.39, 0.29) is 23.5 Å². The Balaban J connectivity index is 1.58. The van der Waals surface area contributed by atoms with E-state index in [1.54, 1.807) is 27.0 Å². The molecule has 3 rings (SSSR count). The van der Waals surface area contributed by atoms with Crippen LogP contribution in [-0.4, -0.2) is 54.1 Å². The molecular formula is C22H30N4O5S2. The number of ether oxygens (including phenoxy) is 1. The molecule has 0 saturated heterocycles. The van der Waals surface area contributed by atoms with Crippen molar-refractivity contribution in [2.24, 2.45) is 0 Å². The molecule has 0 aromatic carbocycles. The predicted octanol–water partition coefficient (Wildman–Crippen LogP) is 3.39. The van der Waals surface area contributed by atoms with Crippen molar-refractivity contribution in [3.63, 3.8) is 0 Å². The monoisotopic (exact) mass is 494 g/mol. The van der Waals surface area contributed by atoms with Crippen LogP contribution in [0.5, 0.6) is 0 Å². The van der Waals surface area contributed by atoms with Gasteiger partial charge in [-0.05, 0) is 51.5 Å². The highest BCUT2D eigenvalue weighted by Gasteiger charge is 2.26. The minimum absolute atomic E-state index is 0.0872. The molecule has 0 aliphatic heterocycles. The number of fused-ring (bicyclic) bond motifs is 1. The second kappa shape index (κ2) is 12.2. The first-order valence-electron chi connectivity index (χ1n) is 11.0. The molecule has 1 unspecified atom stereocenters. The Hall–Kier alpha value is -2.37. The molecule has 33 heavy (non-hydrogen) atoms. The number of thiophene rings is 1. The fraction of sp³-hybridized carbons (Fsp3) is 0.545. The van der Waals surface area contributed by atoms with Crippen LogP contribution in [0, 0.1) is 6.92 Å². The molecule has 1 aliphatic carbocycles. The molecule has 9 nitrogen and oxygen atoms in total.